The minimum Gasteiger partial charge on any atom is -0.469 e. The van der Waals surface area contributed by atoms with E-state index < -0.39 is 0 Å². The molecule has 0 saturated heterocycles. The lowest BCUT2D eigenvalue weighted by Crippen LogP contribution is -2.16. The SMILES string of the molecule is Cc1c(Cl)ncnc1OC1CCCc2ccccc21. The fourth-order valence-corrected chi connectivity index (χ4v) is 2.62. The minimum absolute atomic E-state index is 0.0645. The van der Waals surface area contributed by atoms with Crippen molar-refractivity contribution in [2.24, 2.45) is 0 Å². The molecule has 1 aliphatic rings. The van der Waals surface area contributed by atoms with Gasteiger partial charge in [-0.3, -0.25) is 0 Å². The van der Waals surface area contributed by atoms with E-state index in [0.29, 0.717) is 11.0 Å². The summed E-state index contributed by atoms with van der Waals surface area (Å²) in [5.41, 5.74) is 3.44. The lowest BCUT2D eigenvalue weighted by atomic mass is 9.89. The van der Waals surface area contributed by atoms with Gasteiger partial charge in [-0.05, 0) is 37.3 Å². The Kier molecular flexibility index (Phi) is 3.38. The maximum Gasteiger partial charge on any atom is 0.221 e. The van der Waals surface area contributed by atoms with E-state index in [2.05, 4.69) is 34.2 Å². The first-order valence-electron chi connectivity index (χ1n) is 6.47. The smallest absolute Gasteiger partial charge is 0.221 e. The van der Waals surface area contributed by atoms with Gasteiger partial charge in [0.05, 0.1) is 0 Å². The van der Waals surface area contributed by atoms with Crippen molar-refractivity contribution in [3.8, 4) is 5.88 Å². The molecule has 0 saturated carbocycles. The van der Waals surface area contributed by atoms with Crippen LogP contribution in [0.25, 0.3) is 0 Å². The summed E-state index contributed by atoms with van der Waals surface area (Å²) >= 11 is 6.00. The van der Waals surface area contributed by atoms with Gasteiger partial charge in [0.25, 0.3) is 0 Å². The zero-order valence-electron chi connectivity index (χ0n) is 10.8. The normalized spacial score (nSPS) is 17.9. The average molecular weight is 275 g/mol. The van der Waals surface area contributed by atoms with Crippen molar-refractivity contribution in [2.75, 3.05) is 0 Å². The van der Waals surface area contributed by atoms with E-state index >= 15 is 0 Å². The average Bonchev–Trinajstić information content (AvgIpc) is 2.44. The molecule has 0 aliphatic heterocycles. The first-order valence-corrected chi connectivity index (χ1v) is 6.85. The Morgan fingerprint density at radius 1 is 1.26 bits per heavy atom. The van der Waals surface area contributed by atoms with Crippen LogP contribution in [0.4, 0.5) is 0 Å². The van der Waals surface area contributed by atoms with Crippen LogP contribution in [-0.2, 0) is 6.42 Å². The van der Waals surface area contributed by atoms with Crippen LogP contribution >= 0.6 is 11.6 Å². The topological polar surface area (TPSA) is 35.0 Å². The third-order valence-electron chi connectivity index (χ3n) is 3.54. The van der Waals surface area contributed by atoms with Crippen molar-refractivity contribution < 1.29 is 4.74 Å². The number of aromatic nitrogens is 2. The molecule has 98 valence electrons. The number of halogens is 1. The number of hydrogen-bond donors (Lipinski definition) is 0. The fourth-order valence-electron chi connectivity index (χ4n) is 2.50. The third kappa shape index (κ3) is 2.43. The number of benzene rings is 1. The van der Waals surface area contributed by atoms with Crippen molar-refractivity contribution in [3.05, 3.63) is 52.4 Å². The summed E-state index contributed by atoms with van der Waals surface area (Å²) in [5, 5.41) is 0.453. The summed E-state index contributed by atoms with van der Waals surface area (Å²) in [6.45, 7) is 1.88. The van der Waals surface area contributed by atoms with Gasteiger partial charge >= 0.3 is 0 Å². The van der Waals surface area contributed by atoms with Crippen LogP contribution in [0.2, 0.25) is 5.15 Å². The summed E-state index contributed by atoms with van der Waals surface area (Å²) in [5.74, 6) is 0.585. The van der Waals surface area contributed by atoms with E-state index in [1.807, 2.05) is 6.92 Å². The lowest BCUT2D eigenvalue weighted by Gasteiger charge is -2.26. The quantitative estimate of drug-likeness (QED) is 0.779. The first-order chi connectivity index (χ1) is 9.25. The largest absolute Gasteiger partial charge is 0.469 e. The molecule has 1 unspecified atom stereocenters. The van der Waals surface area contributed by atoms with Crippen LogP contribution in [-0.4, -0.2) is 9.97 Å². The second-order valence-corrected chi connectivity index (χ2v) is 5.15. The molecule has 3 rings (SSSR count). The van der Waals surface area contributed by atoms with Crippen LogP contribution in [0, 0.1) is 6.92 Å². The van der Waals surface area contributed by atoms with Crippen LogP contribution < -0.4 is 4.74 Å². The monoisotopic (exact) mass is 274 g/mol. The molecular formula is C15H15ClN2O. The number of ether oxygens (including phenoxy) is 1. The highest BCUT2D eigenvalue weighted by Gasteiger charge is 2.22. The minimum atomic E-state index is 0.0645. The van der Waals surface area contributed by atoms with E-state index in [1.54, 1.807) is 0 Å². The Labute approximate surface area is 117 Å². The number of aryl methyl sites for hydroxylation is 1. The second-order valence-electron chi connectivity index (χ2n) is 4.79. The number of nitrogens with zero attached hydrogens (tertiary/aromatic N) is 2. The van der Waals surface area contributed by atoms with Crippen LogP contribution in [0.5, 0.6) is 5.88 Å². The van der Waals surface area contributed by atoms with E-state index in [-0.39, 0.29) is 6.10 Å². The van der Waals surface area contributed by atoms with Gasteiger partial charge in [0.2, 0.25) is 5.88 Å². The van der Waals surface area contributed by atoms with Crippen molar-refractivity contribution in [1.29, 1.82) is 0 Å². The molecule has 1 aromatic carbocycles. The predicted molar refractivity (Wildman–Crippen MR) is 74.5 cm³/mol. The molecule has 0 N–H and O–H groups in total. The molecule has 0 radical (unpaired) electrons. The van der Waals surface area contributed by atoms with Crippen molar-refractivity contribution in [2.45, 2.75) is 32.3 Å². The highest BCUT2D eigenvalue weighted by atomic mass is 35.5. The van der Waals surface area contributed by atoms with E-state index in [9.17, 15) is 0 Å². The molecule has 3 nitrogen and oxygen atoms in total. The van der Waals surface area contributed by atoms with Gasteiger partial charge < -0.3 is 4.74 Å². The Morgan fingerprint density at radius 3 is 3.00 bits per heavy atom. The maximum atomic E-state index is 6.06. The summed E-state index contributed by atoms with van der Waals surface area (Å²) in [6.07, 6.45) is 4.78. The van der Waals surface area contributed by atoms with Crippen molar-refractivity contribution in [3.63, 3.8) is 0 Å². The Balaban J connectivity index is 1.91. The van der Waals surface area contributed by atoms with Gasteiger partial charge in [0.15, 0.2) is 0 Å². The number of hydrogen-bond acceptors (Lipinski definition) is 3. The highest BCUT2D eigenvalue weighted by Crippen LogP contribution is 2.34. The van der Waals surface area contributed by atoms with Gasteiger partial charge in [0.1, 0.15) is 17.6 Å². The molecule has 1 heterocycles. The molecule has 4 heteroatoms. The molecule has 0 fully saturated rings. The highest BCUT2D eigenvalue weighted by molar-refractivity contribution is 6.30. The van der Waals surface area contributed by atoms with E-state index in [4.69, 9.17) is 16.3 Å². The van der Waals surface area contributed by atoms with Crippen LogP contribution in [0.3, 0.4) is 0 Å². The zero-order chi connectivity index (χ0) is 13.2. The molecule has 1 aromatic heterocycles. The molecule has 0 spiro atoms. The number of fused-ring (bicyclic) bond motifs is 1. The summed E-state index contributed by atoms with van der Waals surface area (Å²) in [6, 6.07) is 8.44. The molecule has 0 bridgehead atoms. The third-order valence-corrected chi connectivity index (χ3v) is 3.93. The van der Waals surface area contributed by atoms with Gasteiger partial charge in [0, 0.05) is 5.56 Å². The molecule has 1 aliphatic carbocycles. The fraction of sp³-hybridized carbons (Fsp3) is 0.333. The summed E-state index contributed by atoms with van der Waals surface area (Å²) in [4.78, 5) is 8.14. The van der Waals surface area contributed by atoms with Gasteiger partial charge in [-0.25, -0.2) is 9.97 Å². The Morgan fingerprint density at radius 2 is 2.11 bits per heavy atom. The summed E-state index contributed by atoms with van der Waals surface area (Å²) < 4.78 is 6.06. The first kappa shape index (κ1) is 12.4. The van der Waals surface area contributed by atoms with E-state index in [0.717, 1.165) is 24.8 Å². The molecule has 2 aromatic rings. The van der Waals surface area contributed by atoms with Gasteiger partial charge in [-0.1, -0.05) is 35.9 Å². The zero-order valence-corrected chi connectivity index (χ0v) is 11.5. The Bertz CT molecular complexity index is 600. The molecular weight excluding hydrogens is 260 g/mol. The standard InChI is InChI=1S/C15H15ClN2O/c1-10-14(16)17-9-18-15(10)19-13-8-4-6-11-5-2-3-7-12(11)13/h2-3,5,7,9,13H,4,6,8H2,1H3. The predicted octanol–water partition coefficient (Wildman–Crippen LogP) is 3.89. The van der Waals surface area contributed by atoms with Crippen LogP contribution in [0.1, 0.15) is 35.6 Å². The van der Waals surface area contributed by atoms with Gasteiger partial charge in [-0.15, -0.1) is 0 Å². The maximum absolute atomic E-state index is 6.06. The van der Waals surface area contributed by atoms with Crippen molar-refractivity contribution in [1.82, 2.24) is 9.97 Å². The van der Waals surface area contributed by atoms with Crippen molar-refractivity contribution >= 4 is 11.6 Å². The molecule has 1 atom stereocenters. The number of rotatable bonds is 2. The molecule has 19 heavy (non-hydrogen) atoms. The lowest BCUT2D eigenvalue weighted by molar-refractivity contribution is 0.174. The second kappa shape index (κ2) is 5.17. The van der Waals surface area contributed by atoms with Gasteiger partial charge in [-0.2, -0.15) is 0 Å². The summed E-state index contributed by atoms with van der Waals surface area (Å²) in [7, 11) is 0. The Hall–Kier alpha value is -1.61. The van der Waals surface area contributed by atoms with Crippen LogP contribution in [0.15, 0.2) is 30.6 Å². The van der Waals surface area contributed by atoms with E-state index in [1.165, 1.54) is 17.5 Å². The molecule has 0 amide bonds.